The standard InChI is InChI=1S/C13H26FN/c1-13(2,3)12-6-10-15(11-7-12)9-5-4-8-14/h12H,4-11H2,1-3H3. The zero-order chi connectivity index (χ0) is 11.3. The summed E-state index contributed by atoms with van der Waals surface area (Å²) in [6.45, 7) is 10.4. The number of likely N-dealkylation sites (tertiary alicyclic amines) is 1. The van der Waals surface area contributed by atoms with Gasteiger partial charge in [-0.05, 0) is 56.7 Å². The molecule has 1 aliphatic heterocycles. The van der Waals surface area contributed by atoms with Gasteiger partial charge in [-0.25, -0.2) is 0 Å². The lowest BCUT2D eigenvalue weighted by molar-refractivity contribution is 0.111. The first-order valence-electron chi connectivity index (χ1n) is 6.32. The predicted molar refractivity (Wildman–Crippen MR) is 63.8 cm³/mol. The Balaban J connectivity index is 2.18. The molecule has 0 aliphatic carbocycles. The van der Waals surface area contributed by atoms with Crippen molar-refractivity contribution in [2.24, 2.45) is 11.3 Å². The van der Waals surface area contributed by atoms with E-state index in [1.165, 1.54) is 25.9 Å². The fraction of sp³-hybridized carbons (Fsp3) is 1.00. The largest absolute Gasteiger partial charge is 0.303 e. The van der Waals surface area contributed by atoms with E-state index in [4.69, 9.17) is 0 Å². The highest BCUT2D eigenvalue weighted by atomic mass is 19.1. The first kappa shape index (κ1) is 13.0. The summed E-state index contributed by atoms with van der Waals surface area (Å²) < 4.78 is 11.9. The maximum absolute atomic E-state index is 11.9. The van der Waals surface area contributed by atoms with E-state index in [-0.39, 0.29) is 6.67 Å². The molecule has 0 bridgehead atoms. The predicted octanol–water partition coefficient (Wildman–Crippen LogP) is 3.49. The summed E-state index contributed by atoms with van der Waals surface area (Å²) in [5, 5.41) is 0. The normalized spacial score (nSPS) is 20.8. The number of hydrogen-bond donors (Lipinski definition) is 0. The van der Waals surface area contributed by atoms with Crippen molar-refractivity contribution in [1.82, 2.24) is 4.90 Å². The number of piperidine rings is 1. The van der Waals surface area contributed by atoms with Gasteiger partial charge in [0, 0.05) is 0 Å². The Morgan fingerprint density at radius 3 is 2.20 bits per heavy atom. The van der Waals surface area contributed by atoms with Crippen LogP contribution in [0.5, 0.6) is 0 Å². The molecule has 0 amide bonds. The van der Waals surface area contributed by atoms with Gasteiger partial charge in [-0.3, -0.25) is 4.39 Å². The van der Waals surface area contributed by atoms with E-state index < -0.39 is 0 Å². The zero-order valence-corrected chi connectivity index (χ0v) is 10.6. The van der Waals surface area contributed by atoms with Crippen molar-refractivity contribution < 1.29 is 4.39 Å². The second kappa shape index (κ2) is 5.83. The van der Waals surface area contributed by atoms with E-state index in [1.54, 1.807) is 0 Å². The average molecular weight is 215 g/mol. The minimum absolute atomic E-state index is 0.154. The molecule has 15 heavy (non-hydrogen) atoms. The van der Waals surface area contributed by atoms with E-state index in [0.29, 0.717) is 5.41 Å². The molecule has 0 radical (unpaired) electrons. The minimum atomic E-state index is -0.154. The van der Waals surface area contributed by atoms with Crippen LogP contribution >= 0.6 is 0 Å². The van der Waals surface area contributed by atoms with Crippen molar-refractivity contribution in [3.05, 3.63) is 0 Å². The Morgan fingerprint density at radius 2 is 1.73 bits per heavy atom. The van der Waals surface area contributed by atoms with Crippen molar-refractivity contribution in [3.8, 4) is 0 Å². The van der Waals surface area contributed by atoms with Crippen LogP contribution in [0.15, 0.2) is 0 Å². The molecule has 0 aromatic heterocycles. The van der Waals surface area contributed by atoms with Crippen LogP contribution in [0.1, 0.15) is 46.5 Å². The van der Waals surface area contributed by atoms with Crippen LogP contribution in [0.4, 0.5) is 4.39 Å². The summed E-state index contributed by atoms with van der Waals surface area (Å²) in [6, 6.07) is 0. The summed E-state index contributed by atoms with van der Waals surface area (Å²) in [7, 11) is 0. The highest BCUT2D eigenvalue weighted by molar-refractivity contribution is 4.80. The fourth-order valence-corrected chi connectivity index (χ4v) is 2.45. The van der Waals surface area contributed by atoms with Crippen LogP contribution in [0.25, 0.3) is 0 Å². The van der Waals surface area contributed by atoms with Crippen molar-refractivity contribution in [2.45, 2.75) is 46.5 Å². The second-order valence-corrected chi connectivity index (χ2v) is 5.88. The monoisotopic (exact) mass is 215 g/mol. The lowest BCUT2D eigenvalue weighted by Crippen LogP contribution is -2.38. The quantitative estimate of drug-likeness (QED) is 0.649. The highest BCUT2D eigenvalue weighted by Gasteiger charge is 2.28. The van der Waals surface area contributed by atoms with Gasteiger partial charge in [0.25, 0.3) is 0 Å². The van der Waals surface area contributed by atoms with E-state index in [1.807, 2.05) is 0 Å². The van der Waals surface area contributed by atoms with Crippen molar-refractivity contribution in [1.29, 1.82) is 0 Å². The molecule has 1 rings (SSSR count). The molecule has 1 fully saturated rings. The molecule has 0 atom stereocenters. The maximum atomic E-state index is 11.9. The summed E-state index contributed by atoms with van der Waals surface area (Å²) in [6.07, 6.45) is 4.40. The van der Waals surface area contributed by atoms with Crippen molar-refractivity contribution >= 4 is 0 Å². The van der Waals surface area contributed by atoms with Crippen LogP contribution in [-0.2, 0) is 0 Å². The van der Waals surface area contributed by atoms with Gasteiger partial charge in [0.15, 0.2) is 0 Å². The van der Waals surface area contributed by atoms with Crippen LogP contribution in [0, 0.1) is 11.3 Å². The Hall–Kier alpha value is -0.110. The van der Waals surface area contributed by atoms with Crippen LogP contribution < -0.4 is 0 Å². The highest BCUT2D eigenvalue weighted by Crippen LogP contribution is 2.34. The Morgan fingerprint density at radius 1 is 1.13 bits per heavy atom. The SMILES string of the molecule is CC(C)(C)C1CCN(CCCCF)CC1. The minimum Gasteiger partial charge on any atom is -0.303 e. The van der Waals surface area contributed by atoms with Gasteiger partial charge in [0.2, 0.25) is 0 Å². The third-order valence-electron chi connectivity index (χ3n) is 3.67. The average Bonchev–Trinajstić information content (AvgIpc) is 2.18. The molecular weight excluding hydrogens is 189 g/mol. The molecule has 0 N–H and O–H groups in total. The summed E-state index contributed by atoms with van der Waals surface area (Å²) in [4.78, 5) is 2.50. The van der Waals surface area contributed by atoms with Gasteiger partial charge < -0.3 is 4.90 Å². The molecule has 1 saturated heterocycles. The van der Waals surface area contributed by atoms with Crippen molar-refractivity contribution in [3.63, 3.8) is 0 Å². The van der Waals surface area contributed by atoms with Crippen molar-refractivity contribution in [2.75, 3.05) is 26.3 Å². The van der Waals surface area contributed by atoms with Gasteiger partial charge in [0.1, 0.15) is 0 Å². The topological polar surface area (TPSA) is 3.24 Å². The molecule has 2 heteroatoms. The van der Waals surface area contributed by atoms with E-state index in [2.05, 4.69) is 25.7 Å². The first-order valence-corrected chi connectivity index (χ1v) is 6.32. The van der Waals surface area contributed by atoms with Gasteiger partial charge in [-0.1, -0.05) is 20.8 Å². The number of alkyl halides is 1. The third-order valence-corrected chi connectivity index (χ3v) is 3.67. The molecule has 0 aromatic carbocycles. The van der Waals surface area contributed by atoms with Crippen LogP contribution in [0.3, 0.4) is 0 Å². The van der Waals surface area contributed by atoms with E-state index in [9.17, 15) is 4.39 Å². The molecule has 0 unspecified atom stereocenters. The Labute approximate surface area is 94.0 Å². The molecule has 1 aliphatic rings. The first-order chi connectivity index (χ1) is 7.04. The number of unbranched alkanes of at least 4 members (excludes halogenated alkanes) is 1. The van der Waals surface area contributed by atoms with Crippen LogP contribution in [0.2, 0.25) is 0 Å². The smallest absolute Gasteiger partial charge is 0.0894 e. The second-order valence-electron chi connectivity index (χ2n) is 5.88. The van der Waals surface area contributed by atoms with Crippen LogP contribution in [-0.4, -0.2) is 31.2 Å². The fourth-order valence-electron chi connectivity index (χ4n) is 2.45. The number of halogens is 1. The van der Waals surface area contributed by atoms with Gasteiger partial charge >= 0.3 is 0 Å². The molecule has 0 spiro atoms. The summed E-state index contributed by atoms with van der Waals surface area (Å²) >= 11 is 0. The zero-order valence-electron chi connectivity index (χ0n) is 10.6. The molecule has 0 aromatic rings. The molecule has 1 heterocycles. The lowest BCUT2D eigenvalue weighted by Gasteiger charge is -2.38. The van der Waals surface area contributed by atoms with Gasteiger partial charge in [-0.2, -0.15) is 0 Å². The van der Waals surface area contributed by atoms with E-state index >= 15 is 0 Å². The Kier molecular flexibility index (Phi) is 5.04. The summed E-state index contributed by atoms with van der Waals surface area (Å²) in [5.41, 5.74) is 0.463. The van der Waals surface area contributed by atoms with E-state index in [0.717, 1.165) is 25.3 Å². The summed E-state index contributed by atoms with van der Waals surface area (Å²) in [5.74, 6) is 0.870. The van der Waals surface area contributed by atoms with Gasteiger partial charge in [-0.15, -0.1) is 0 Å². The Bertz CT molecular complexity index is 166. The molecular formula is C13H26FN. The molecule has 90 valence electrons. The number of nitrogens with zero attached hydrogens (tertiary/aromatic N) is 1. The molecule has 1 nitrogen and oxygen atoms in total. The lowest BCUT2D eigenvalue weighted by atomic mass is 9.75. The molecule has 0 saturated carbocycles. The van der Waals surface area contributed by atoms with Gasteiger partial charge in [0.05, 0.1) is 6.67 Å². The number of rotatable bonds is 4. The maximum Gasteiger partial charge on any atom is 0.0894 e. The number of hydrogen-bond acceptors (Lipinski definition) is 1. The third kappa shape index (κ3) is 4.50.